The molecule has 0 radical (unpaired) electrons. The molecule has 0 aliphatic carbocycles. The number of aromatic nitrogens is 4. The van der Waals surface area contributed by atoms with Crippen LogP contribution in [0.1, 0.15) is 22.0 Å². The fourth-order valence-electron chi connectivity index (χ4n) is 2.24. The molecule has 20 heavy (non-hydrogen) atoms. The first kappa shape index (κ1) is 13.1. The molecular weight excluding hydrogens is 270 g/mol. The van der Waals surface area contributed by atoms with Gasteiger partial charge in [-0.05, 0) is 32.4 Å². The van der Waals surface area contributed by atoms with Crippen LogP contribution >= 0.6 is 11.3 Å². The van der Waals surface area contributed by atoms with Crippen LogP contribution in [0.5, 0.6) is 0 Å². The summed E-state index contributed by atoms with van der Waals surface area (Å²) in [6.45, 7) is 6.81. The van der Waals surface area contributed by atoms with Gasteiger partial charge in [0, 0.05) is 18.1 Å². The second-order valence-electron chi connectivity index (χ2n) is 4.86. The van der Waals surface area contributed by atoms with E-state index in [1.165, 1.54) is 10.4 Å². The molecule has 0 unspecified atom stereocenters. The van der Waals surface area contributed by atoms with Crippen LogP contribution < -0.4 is 5.32 Å². The van der Waals surface area contributed by atoms with Crippen molar-refractivity contribution in [2.24, 2.45) is 0 Å². The highest BCUT2D eigenvalue weighted by Gasteiger charge is 2.14. The molecule has 3 heterocycles. The Bertz CT molecular complexity index is 771. The van der Waals surface area contributed by atoms with E-state index in [1.54, 1.807) is 11.3 Å². The first-order valence-corrected chi connectivity index (χ1v) is 7.34. The summed E-state index contributed by atoms with van der Waals surface area (Å²) >= 11 is 1.72. The van der Waals surface area contributed by atoms with E-state index in [0.29, 0.717) is 6.54 Å². The molecule has 104 valence electrons. The van der Waals surface area contributed by atoms with Gasteiger partial charge in [-0.1, -0.05) is 0 Å². The predicted molar refractivity (Wildman–Crippen MR) is 82.5 cm³/mol. The van der Waals surface area contributed by atoms with E-state index >= 15 is 0 Å². The standard InChI is InChI=1S/C14H17N5S/c1-8-5-6-19(18-8)7-11-16-13(15-4)12-9(2)10(3)20-14(12)17-11/h5-6H,7H2,1-4H3,(H,15,16,17). The zero-order chi connectivity index (χ0) is 14.3. The summed E-state index contributed by atoms with van der Waals surface area (Å²) in [5, 5.41) is 8.70. The molecule has 0 bridgehead atoms. The van der Waals surface area contributed by atoms with E-state index in [2.05, 4.69) is 34.2 Å². The molecule has 3 aromatic rings. The summed E-state index contributed by atoms with van der Waals surface area (Å²) in [6.07, 6.45) is 1.95. The third-order valence-electron chi connectivity index (χ3n) is 3.39. The first-order valence-electron chi connectivity index (χ1n) is 6.53. The van der Waals surface area contributed by atoms with Crippen LogP contribution in [-0.2, 0) is 6.54 Å². The topological polar surface area (TPSA) is 55.6 Å². The van der Waals surface area contributed by atoms with Crippen molar-refractivity contribution in [2.75, 3.05) is 12.4 Å². The lowest BCUT2D eigenvalue weighted by Gasteiger charge is -2.06. The smallest absolute Gasteiger partial charge is 0.153 e. The number of anilines is 1. The van der Waals surface area contributed by atoms with Crippen molar-refractivity contribution >= 4 is 27.4 Å². The number of hydrogen-bond acceptors (Lipinski definition) is 5. The van der Waals surface area contributed by atoms with E-state index in [0.717, 1.165) is 27.6 Å². The normalized spacial score (nSPS) is 11.2. The molecule has 3 aromatic heterocycles. The lowest BCUT2D eigenvalue weighted by molar-refractivity contribution is 0.653. The zero-order valence-corrected chi connectivity index (χ0v) is 12.9. The minimum absolute atomic E-state index is 0.592. The minimum Gasteiger partial charge on any atom is -0.372 e. The Labute approximate surface area is 121 Å². The molecule has 0 fully saturated rings. The molecule has 0 saturated heterocycles. The lowest BCUT2D eigenvalue weighted by atomic mass is 10.2. The molecule has 1 N–H and O–H groups in total. The van der Waals surface area contributed by atoms with Crippen LogP contribution in [0.3, 0.4) is 0 Å². The first-order chi connectivity index (χ1) is 9.58. The van der Waals surface area contributed by atoms with E-state index < -0.39 is 0 Å². The Hall–Kier alpha value is -1.95. The van der Waals surface area contributed by atoms with Crippen molar-refractivity contribution in [1.29, 1.82) is 0 Å². The SMILES string of the molecule is CNc1nc(Cn2ccc(C)n2)nc2sc(C)c(C)c12. The maximum atomic E-state index is 4.68. The highest BCUT2D eigenvalue weighted by molar-refractivity contribution is 7.18. The highest BCUT2D eigenvalue weighted by Crippen LogP contribution is 2.33. The molecule has 3 rings (SSSR count). The van der Waals surface area contributed by atoms with Gasteiger partial charge in [0.25, 0.3) is 0 Å². The average Bonchev–Trinajstić information content (AvgIpc) is 2.94. The van der Waals surface area contributed by atoms with Gasteiger partial charge in [0.2, 0.25) is 0 Å². The Morgan fingerprint density at radius 1 is 1.25 bits per heavy atom. The van der Waals surface area contributed by atoms with Gasteiger partial charge < -0.3 is 5.32 Å². The van der Waals surface area contributed by atoms with Gasteiger partial charge in [-0.15, -0.1) is 11.3 Å². The second-order valence-corrected chi connectivity index (χ2v) is 6.06. The summed E-state index contributed by atoms with van der Waals surface area (Å²) in [5.41, 5.74) is 2.26. The van der Waals surface area contributed by atoms with Gasteiger partial charge in [-0.25, -0.2) is 9.97 Å². The van der Waals surface area contributed by atoms with Crippen LogP contribution in [0.4, 0.5) is 5.82 Å². The Morgan fingerprint density at radius 3 is 2.70 bits per heavy atom. The van der Waals surface area contributed by atoms with Crippen molar-refractivity contribution in [3.63, 3.8) is 0 Å². The van der Waals surface area contributed by atoms with Gasteiger partial charge in [0.05, 0.1) is 11.1 Å². The second kappa shape index (κ2) is 4.86. The Balaban J connectivity index is 2.08. The lowest BCUT2D eigenvalue weighted by Crippen LogP contribution is -2.07. The number of hydrogen-bond donors (Lipinski definition) is 1. The van der Waals surface area contributed by atoms with E-state index in [4.69, 9.17) is 0 Å². The van der Waals surface area contributed by atoms with E-state index in [1.807, 2.05) is 30.9 Å². The molecular formula is C14H17N5S. The summed E-state index contributed by atoms with van der Waals surface area (Å²) in [5.74, 6) is 1.68. The number of thiophene rings is 1. The van der Waals surface area contributed by atoms with Crippen LogP contribution in [0.2, 0.25) is 0 Å². The maximum absolute atomic E-state index is 4.68. The predicted octanol–water partition coefficient (Wildman–Crippen LogP) is 2.90. The Kier molecular flexibility index (Phi) is 3.17. The third-order valence-corrected chi connectivity index (χ3v) is 4.49. The number of fused-ring (bicyclic) bond motifs is 1. The molecule has 0 aliphatic heterocycles. The quantitative estimate of drug-likeness (QED) is 0.804. The van der Waals surface area contributed by atoms with Crippen LogP contribution in [0, 0.1) is 20.8 Å². The number of nitrogens with zero attached hydrogens (tertiary/aromatic N) is 4. The van der Waals surface area contributed by atoms with Crippen molar-refractivity contribution in [2.45, 2.75) is 27.3 Å². The summed E-state index contributed by atoms with van der Waals surface area (Å²) in [6, 6.07) is 1.98. The monoisotopic (exact) mass is 287 g/mol. The fraction of sp³-hybridized carbons (Fsp3) is 0.357. The number of rotatable bonds is 3. The summed E-state index contributed by atoms with van der Waals surface area (Å²) in [4.78, 5) is 11.6. The highest BCUT2D eigenvalue weighted by atomic mass is 32.1. The Morgan fingerprint density at radius 2 is 2.05 bits per heavy atom. The number of aryl methyl sites for hydroxylation is 3. The molecule has 0 aromatic carbocycles. The van der Waals surface area contributed by atoms with Gasteiger partial charge in [0.15, 0.2) is 5.82 Å². The fourth-order valence-corrected chi connectivity index (χ4v) is 3.29. The van der Waals surface area contributed by atoms with Crippen LogP contribution in [0.15, 0.2) is 12.3 Å². The van der Waals surface area contributed by atoms with Gasteiger partial charge in [-0.2, -0.15) is 5.10 Å². The largest absolute Gasteiger partial charge is 0.372 e. The van der Waals surface area contributed by atoms with Gasteiger partial charge >= 0.3 is 0 Å². The molecule has 0 atom stereocenters. The molecule has 6 heteroatoms. The molecule has 0 aliphatic rings. The van der Waals surface area contributed by atoms with Crippen molar-refractivity contribution < 1.29 is 0 Å². The molecule has 0 spiro atoms. The van der Waals surface area contributed by atoms with Crippen molar-refractivity contribution in [3.05, 3.63) is 34.2 Å². The van der Waals surface area contributed by atoms with Crippen molar-refractivity contribution in [1.82, 2.24) is 19.7 Å². The third kappa shape index (κ3) is 2.16. The van der Waals surface area contributed by atoms with Crippen LogP contribution in [-0.4, -0.2) is 26.8 Å². The summed E-state index contributed by atoms with van der Waals surface area (Å²) in [7, 11) is 1.90. The van der Waals surface area contributed by atoms with Crippen LogP contribution in [0.25, 0.3) is 10.2 Å². The molecule has 0 saturated carbocycles. The summed E-state index contributed by atoms with van der Waals surface area (Å²) < 4.78 is 1.86. The van der Waals surface area contributed by atoms with E-state index in [-0.39, 0.29) is 0 Å². The number of nitrogens with one attached hydrogen (secondary N) is 1. The molecule has 0 amide bonds. The zero-order valence-electron chi connectivity index (χ0n) is 12.1. The minimum atomic E-state index is 0.592. The van der Waals surface area contributed by atoms with Gasteiger partial charge in [-0.3, -0.25) is 4.68 Å². The van der Waals surface area contributed by atoms with E-state index in [9.17, 15) is 0 Å². The molecule has 5 nitrogen and oxygen atoms in total. The maximum Gasteiger partial charge on any atom is 0.153 e. The average molecular weight is 287 g/mol. The van der Waals surface area contributed by atoms with Crippen molar-refractivity contribution in [3.8, 4) is 0 Å². The van der Waals surface area contributed by atoms with Gasteiger partial charge in [0.1, 0.15) is 17.2 Å².